The lowest BCUT2D eigenvalue weighted by atomic mass is 10.1. The molecule has 2 aromatic rings. The second-order valence-corrected chi connectivity index (χ2v) is 6.17. The normalized spacial score (nSPS) is 17.9. The zero-order chi connectivity index (χ0) is 16.4. The van der Waals surface area contributed by atoms with Gasteiger partial charge in [-0.25, -0.2) is 9.37 Å². The number of carbonyl (C=O) groups excluding carboxylic acids is 1. The van der Waals surface area contributed by atoms with E-state index in [1.807, 2.05) is 20.3 Å². The molecule has 2 aromatic heterocycles. The number of aromatic nitrogens is 3. The summed E-state index contributed by atoms with van der Waals surface area (Å²) in [4.78, 5) is 24.6. The maximum Gasteiger partial charge on any atom is 0.257 e. The van der Waals surface area contributed by atoms with Crippen LogP contribution in [0.4, 0.5) is 4.39 Å². The fourth-order valence-electron chi connectivity index (χ4n) is 3.05. The number of halogens is 1. The van der Waals surface area contributed by atoms with E-state index in [2.05, 4.69) is 19.4 Å². The van der Waals surface area contributed by atoms with Gasteiger partial charge in [-0.3, -0.25) is 9.78 Å². The quantitative estimate of drug-likeness (QED) is 0.855. The van der Waals surface area contributed by atoms with Crippen molar-refractivity contribution in [1.29, 1.82) is 0 Å². The van der Waals surface area contributed by atoms with Crippen LogP contribution in [0.3, 0.4) is 0 Å². The standard InChI is InChI=1S/C16H20FN5O/c1-20(2)8-12-9-21-6-5-19-15(21)11-22(10-12)16(23)13-3-4-18-7-14(13)17/h3-7,12H,8-11H2,1-2H3. The Bertz CT molecular complexity index is 699. The van der Waals surface area contributed by atoms with Gasteiger partial charge in [-0.15, -0.1) is 0 Å². The van der Waals surface area contributed by atoms with Gasteiger partial charge >= 0.3 is 0 Å². The number of rotatable bonds is 3. The van der Waals surface area contributed by atoms with E-state index in [1.165, 1.54) is 12.3 Å². The fourth-order valence-corrected chi connectivity index (χ4v) is 3.05. The second kappa shape index (κ2) is 6.45. The van der Waals surface area contributed by atoms with Gasteiger partial charge in [-0.05, 0) is 20.2 Å². The maximum atomic E-state index is 13.9. The minimum absolute atomic E-state index is 0.0589. The molecule has 3 heterocycles. The van der Waals surface area contributed by atoms with Crippen LogP contribution >= 0.6 is 0 Å². The van der Waals surface area contributed by atoms with Crippen LogP contribution in [0, 0.1) is 11.7 Å². The molecule has 0 N–H and O–H groups in total. The van der Waals surface area contributed by atoms with E-state index in [1.54, 1.807) is 11.1 Å². The summed E-state index contributed by atoms with van der Waals surface area (Å²) in [5.74, 6) is 0.183. The Balaban J connectivity index is 1.88. The van der Waals surface area contributed by atoms with Gasteiger partial charge in [-0.2, -0.15) is 0 Å². The molecule has 23 heavy (non-hydrogen) atoms. The zero-order valence-corrected chi connectivity index (χ0v) is 13.3. The molecule has 1 amide bonds. The van der Waals surface area contributed by atoms with Crippen LogP contribution in [0.5, 0.6) is 0 Å². The van der Waals surface area contributed by atoms with Crippen molar-refractivity contribution in [2.24, 2.45) is 5.92 Å². The van der Waals surface area contributed by atoms with Crippen molar-refractivity contribution in [3.63, 3.8) is 0 Å². The van der Waals surface area contributed by atoms with Gasteiger partial charge in [0.2, 0.25) is 0 Å². The third kappa shape index (κ3) is 3.39. The maximum absolute atomic E-state index is 13.9. The van der Waals surface area contributed by atoms with Gasteiger partial charge in [0.25, 0.3) is 5.91 Å². The average Bonchev–Trinajstić information content (AvgIpc) is 2.85. The predicted octanol–water partition coefficient (Wildman–Crippen LogP) is 1.25. The summed E-state index contributed by atoms with van der Waals surface area (Å²) in [6, 6.07) is 1.43. The summed E-state index contributed by atoms with van der Waals surface area (Å²) in [7, 11) is 4.02. The van der Waals surface area contributed by atoms with E-state index in [-0.39, 0.29) is 17.4 Å². The monoisotopic (exact) mass is 317 g/mol. The van der Waals surface area contributed by atoms with Crippen LogP contribution in [0.15, 0.2) is 30.9 Å². The average molecular weight is 317 g/mol. The summed E-state index contributed by atoms with van der Waals surface area (Å²) >= 11 is 0. The molecule has 7 heteroatoms. The highest BCUT2D eigenvalue weighted by molar-refractivity contribution is 5.94. The molecule has 0 fully saturated rings. The molecular weight excluding hydrogens is 297 g/mol. The Labute approximate surface area is 134 Å². The van der Waals surface area contributed by atoms with Gasteiger partial charge in [0.1, 0.15) is 5.82 Å². The lowest BCUT2D eigenvalue weighted by Gasteiger charge is -2.26. The van der Waals surface area contributed by atoms with E-state index in [4.69, 9.17) is 0 Å². The first-order valence-electron chi connectivity index (χ1n) is 7.58. The van der Waals surface area contributed by atoms with Crippen molar-refractivity contribution < 1.29 is 9.18 Å². The number of pyridine rings is 1. The predicted molar refractivity (Wildman–Crippen MR) is 83.2 cm³/mol. The lowest BCUT2D eigenvalue weighted by molar-refractivity contribution is 0.0705. The molecule has 1 atom stereocenters. The summed E-state index contributed by atoms with van der Waals surface area (Å²) in [5.41, 5.74) is 0.0589. The Morgan fingerprint density at radius 2 is 2.22 bits per heavy atom. The third-order valence-corrected chi connectivity index (χ3v) is 3.98. The van der Waals surface area contributed by atoms with Gasteiger partial charge in [-0.1, -0.05) is 0 Å². The molecule has 0 saturated carbocycles. The number of carbonyl (C=O) groups is 1. The number of imidazole rings is 1. The van der Waals surface area contributed by atoms with E-state index < -0.39 is 5.82 Å². The minimum atomic E-state index is -0.589. The topological polar surface area (TPSA) is 54.3 Å². The van der Waals surface area contributed by atoms with E-state index in [0.29, 0.717) is 13.1 Å². The SMILES string of the molecule is CN(C)CC1CN(C(=O)c2ccncc2F)Cc2nccn2C1. The van der Waals surface area contributed by atoms with E-state index in [9.17, 15) is 9.18 Å². The van der Waals surface area contributed by atoms with Crippen molar-refractivity contribution in [3.8, 4) is 0 Å². The Morgan fingerprint density at radius 3 is 2.96 bits per heavy atom. The summed E-state index contributed by atoms with van der Waals surface area (Å²) in [6.07, 6.45) is 6.18. The van der Waals surface area contributed by atoms with Crippen LogP contribution < -0.4 is 0 Å². The Morgan fingerprint density at radius 1 is 1.39 bits per heavy atom. The first-order valence-corrected chi connectivity index (χ1v) is 7.58. The summed E-state index contributed by atoms with van der Waals surface area (Å²) < 4.78 is 16.0. The fraction of sp³-hybridized carbons (Fsp3) is 0.438. The van der Waals surface area contributed by atoms with Crippen molar-refractivity contribution >= 4 is 5.91 Å². The van der Waals surface area contributed by atoms with Crippen LogP contribution in [-0.4, -0.2) is 57.4 Å². The van der Waals surface area contributed by atoms with Crippen molar-refractivity contribution in [3.05, 3.63) is 48.1 Å². The largest absolute Gasteiger partial charge is 0.333 e. The molecule has 6 nitrogen and oxygen atoms in total. The van der Waals surface area contributed by atoms with Crippen LogP contribution in [0.1, 0.15) is 16.2 Å². The van der Waals surface area contributed by atoms with Crippen LogP contribution in [0.2, 0.25) is 0 Å². The molecule has 0 bridgehead atoms. The number of hydrogen-bond donors (Lipinski definition) is 0. The highest BCUT2D eigenvalue weighted by Crippen LogP contribution is 2.19. The molecule has 0 saturated heterocycles. The van der Waals surface area contributed by atoms with E-state index in [0.717, 1.165) is 25.1 Å². The van der Waals surface area contributed by atoms with E-state index >= 15 is 0 Å². The number of hydrogen-bond acceptors (Lipinski definition) is 4. The van der Waals surface area contributed by atoms with Crippen LogP contribution in [0.25, 0.3) is 0 Å². The zero-order valence-electron chi connectivity index (χ0n) is 13.3. The molecule has 0 aromatic carbocycles. The summed E-state index contributed by atoms with van der Waals surface area (Å²) in [6.45, 7) is 2.61. The Kier molecular flexibility index (Phi) is 4.38. The third-order valence-electron chi connectivity index (χ3n) is 3.98. The molecule has 1 aliphatic rings. The van der Waals surface area contributed by atoms with Gasteiger partial charge in [0, 0.05) is 44.1 Å². The molecule has 0 spiro atoms. The van der Waals surface area contributed by atoms with Crippen molar-refractivity contribution in [1.82, 2.24) is 24.3 Å². The first kappa shape index (κ1) is 15.6. The number of fused-ring (bicyclic) bond motifs is 1. The molecule has 1 unspecified atom stereocenters. The van der Waals surface area contributed by atoms with Gasteiger partial charge in [0.15, 0.2) is 5.82 Å². The first-order chi connectivity index (χ1) is 11.0. The Hall–Kier alpha value is -2.28. The number of nitrogens with zero attached hydrogens (tertiary/aromatic N) is 5. The highest BCUT2D eigenvalue weighted by Gasteiger charge is 2.27. The van der Waals surface area contributed by atoms with Crippen LogP contribution in [-0.2, 0) is 13.1 Å². The molecular formula is C16H20FN5O. The van der Waals surface area contributed by atoms with Crippen molar-refractivity contribution in [2.45, 2.75) is 13.1 Å². The van der Waals surface area contributed by atoms with Gasteiger partial charge in [0.05, 0.1) is 18.3 Å². The second-order valence-electron chi connectivity index (χ2n) is 6.17. The molecule has 0 aliphatic carbocycles. The van der Waals surface area contributed by atoms with Gasteiger partial charge < -0.3 is 14.4 Å². The molecule has 0 radical (unpaired) electrons. The van der Waals surface area contributed by atoms with Crippen molar-refractivity contribution in [2.75, 3.05) is 27.2 Å². The lowest BCUT2D eigenvalue weighted by Crippen LogP contribution is -2.37. The summed E-state index contributed by atoms with van der Waals surface area (Å²) in [5, 5.41) is 0. The minimum Gasteiger partial charge on any atom is -0.333 e. The molecule has 1 aliphatic heterocycles. The highest BCUT2D eigenvalue weighted by atomic mass is 19.1. The number of amides is 1. The smallest absolute Gasteiger partial charge is 0.257 e. The molecule has 3 rings (SSSR count). The molecule has 122 valence electrons.